The summed E-state index contributed by atoms with van der Waals surface area (Å²) in [5.41, 5.74) is 0. The number of hydrogen-bond donors (Lipinski definition) is 0. The smallest absolute Gasteiger partial charge is 0.119 e. The highest BCUT2D eigenvalue weighted by atomic mass is 16.1. The molecule has 0 rings (SSSR count). The molecule has 0 aliphatic heterocycles. The molecule has 0 fully saturated rings. The zero-order valence-electron chi connectivity index (χ0n) is 8.89. The van der Waals surface area contributed by atoms with Crippen LogP contribution in [0.5, 0.6) is 0 Å². The van der Waals surface area contributed by atoms with Crippen molar-refractivity contribution in [3.63, 3.8) is 0 Å². The fourth-order valence-electron chi connectivity index (χ4n) is 0.770. The van der Waals surface area contributed by atoms with Gasteiger partial charge in [-0.1, -0.05) is 33.1 Å². The van der Waals surface area contributed by atoms with Crippen LogP contribution in [0, 0.1) is 5.92 Å². The van der Waals surface area contributed by atoms with E-state index in [9.17, 15) is 4.79 Å². The van der Waals surface area contributed by atoms with E-state index in [-0.39, 0.29) is 6.40 Å². The summed E-state index contributed by atoms with van der Waals surface area (Å²) in [5.74, 6) is 0.555. The molecule has 0 aromatic carbocycles. The molecule has 0 amide bonds. The summed E-state index contributed by atoms with van der Waals surface area (Å²) in [5, 5.41) is 0. The van der Waals surface area contributed by atoms with Gasteiger partial charge in [0.25, 0.3) is 0 Å². The monoisotopic (exact) mass is 144 g/mol. The van der Waals surface area contributed by atoms with Crippen LogP contribution in [0.4, 0.5) is 0 Å². The summed E-state index contributed by atoms with van der Waals surface area (Å²) in [6.07, 6.45) is 2.10. The lowest BCUT2D eigenvalue weighted by Gasteiger charge is -2.01. The van der Waals surface area contributed by atoms with Crippen LogP contribution in [-0.2, 0) is 4.79 Å². The second-order valence-electron chi connectivity index (χ2n) is 2.95. The van der Waals surface area contributed by atoms with Crippen molar-refractivity contribution in [2.24, 2.45) is 5.92 Å². The maximum absolute atomic E-state index is 10.3. The Morgan fingerprint density at radius 1 is 1.60 bits per heavy atom. The van der Waals surface area contributed by atoms with Gasteiger partial charge in [0.05, 0.1) is 0 Å². The predicted octanol–water partition coefficient (Wildman–Crippen LogP) is 2.79. The minimum absolute atomic E-state index is 0.0515. The SMILES string of the molecule is [2H]C(=O)CCCC([2H])CC(C)C. The zero-order chi connectivity index (χ0) is 9.56. The first-order valence-corrected chi connectivity index (χ1v) is 3.94. The minimum Gasteiger partial charge on any atom is -0.303 e. The third kappa shape index (κ3) is 7.67. The van der Waals surface area contributed by atoms with Gasteiger partial charge in [0.1, 0.15) is 7.63 Å². The van der Waals surface area contributed by atoms with E-state index >= 15 is 0 Å². The molecule has 10 heavy (non-hydrogen) atoms. The quantitative estimate of drug-likeness (QED) is 0.524. The average Bonchev–Trinajstić information content (AvgIpc) is 1.84. The highest BCUT2D eigenvalue weighted by Gasteiger charge is 1.92. The molecule has 0 saturated heterocycles. The number of aldehydes is 1. The van der Waals surface area contributed by atoms with E-state index in [1.807, 2.05) is 0 Å². The van der Waals surface area contributed by atoms with Crippen LogP contribution < -0.4 is 0 Å². The van der Waals surface area contributed by atoms with Crippen LogP contribution in [0.25, 0.3) is 0 Å². The molecule has 0 heterocycles. The number of hydrogen-bond acceptors (Lipinski definition) is 1. The van der Waals surface area contributed by atoms with Crippen LogP contribution in [0.15, 0.2) is 0 Å². The van der Waals surface area contributed by atoms with Crippen molar-refractivity contribution in [1.29, 1.82) is 0 Å². The predicted molar refractivity (Wildman–Crippen MR) is 44.0 cm³/mol. The minimum atomic E-state index is -0.508. The second-order valence-corrected chi connectivity index (χ2v) is 2.95. The van der Waals surface area contributed by atoms with Crippen molar-refractivity contribution in [3.8, 4) is 0 Å². The molecule has 0 saturated carbocycles. The lowest BCUT2D eigenvalue weighted by atomic mass is 10.0. The van der Waals surface area contributed by atoms with Gasteiger partial charge < -0.3 is 4.79 Å². The van der Waals surface area contributed by atoms with Gasteiger partial charge in [-0.3, -0.25) is 0 Å². The van der Waals surface area contributed by atoms with Crippen LogP contribution in [0.2, 0.25) is 0 Å². The largest absolute Gasteiger partial charge is 0.303 e. The summed E-state index contributed by atoms with van der Waals surface area (Å²) in [4.78, 5) is 10.3. The van der Waals surface area contributed by atoms with E-state index in [0.29, 0.717) is 18.8 Å². The average molecular weight is 144 g/mol. The Bertz CT molecular complexity index is 134. The highest BCUT2D eigenvalue weighted by Crippen LogP contribution is 2.08. The fourth-order valence-corrected chi connectivity index (χ4v) is 0.770. The molecule has 60 valence electrons. The van der Waals surface area contributed by atoms with E-state index in [1.54, 1.807) is 0 Å². The van der Waals surface area contributed by atoms with E-state index < -0.39 is 6.26 Å². The summed E-state index contributed by atoms with van der Waals surface area (Å²) >= 11 is 0. The van der Waals surface area contributed by atoms with Gasteiger partial charge >= 0.3 is 0 Å². The van der Waals surface area contributed by atoms with Gasteiger partial charge in [-0.2, -0.15) is 0 Å². The Kier molecular flexibility index (Phi) is 4.33. The summed E-state index contributed by atoms with van der Waals surface area (Å²) in [7, 11) is 0. The maximum atomic E-state index is 10.3. The summed E-state index contributed by atoms with van der Waals surface area (Å²) in [6, 6.07) is 0. The molecule has 0 spiro atoms. The van der Waals surface area contributed by atoms with E-state index in [0.717, 1.165) is 12.8 Å². The van der Waals surface area contributed by atoms with E-state index in [1.165, 1.54) is 0 Å². The second kappa shape index (κ2) is 6.79. The van der Waals surface area contributed by atoms with Crippen LogP contribution in [-0.4, -0.2) is 6.26 Å². The number of carbonyl (C=O) groups excluding carboxylic acids is 1. The molecule has 1 heteroatoms. The normalized spacial score (nSPS) is 16.3. The van der Waals surface area contributed by atoms with Crippen molar-refractivity contribution < 1.29 is 7.54 Å². The van der Waals surface area contributed by atoms with Crippen LogP contribution in [0.1, 0.15) is 48.7 Å². The molecule has 0 aliphatic carbocycles. The Morgan fingerprint density at radius 3 is 2.80 bits per heavy atom. The summed E-state index contributed by atoms with van der Waals surface area (Å²) < 4.78 is 14.2. The van der Waals surface area contributed by atoms with Crippen LogP contribution >= 0.6 is 0 Å². The van der Waals surface area contributed by atoms with E-state index in [2.05, 4.69) is 13.8 Å². The molecule has 0 aliphatic rings. The van der Waals surface area contributed by atoms with Gasteiger partial charge in [0, 0.05) is 7.79 Å². The standard InChI is InChI=1S/C9H18O/c1-9(2)7-5-3-4-6-8-10/h8-9H,3-7H2,1-2H3/i5D,8D. The zero-order valence-corrected chi connectivity index (χ0v) is 6.89. The van der Waals surface area contributed by atoms with Gasteiger partial charge in [0.2, 0.25) is 0 Å². The molecule has 1 atom stereocenters. The lowest BCUT2D eigenvalue weighted by molar-refractivity contribution is -0.107. The van der Waals surface area contributed by atoms with Crippen molar-refractivity contribution >= 4 is 6.26 Å². The van der Waals surface area contributed by atoms with Crippen molar-refractivity contribution in [3.05, 3.63) is 0 Å². The van der Waals surface area contributed by atoms with Gasteiger partial charge in [-0.05, 0) is 12.3 Å². The molecule has 0 bridgehead atoms. The Morgan fingerprint density at radius 2 is 2.30 bits per heavy atom. The third-order valence-corrected chi connectivity index (χ3v) is 1.33. The molecule has 0 aromatic heterocycles. The molecule has 1 unspecified atom stereocenters. The number of carbonyl (C=O) groups is 1. The molecule has 0 aromatic rings. The highest BCUT2D eigenvalue weighted by molar-refractivity contribution is 5.48. The molecular formula is C9H18O. The third-order valence-electron chi connectivity index (χ3n) is 1.33. The summed E-state index contributed by atoms with van der Waals surface area (Å²) in [6.45, 7) is 4.19. The fraction of sp³-hybridized carbons (Fsp3) is 0.889. The Labute approximate surface area is 66.6 Å². The van der Waals surface area contributed by atoms with Gasteiger partial charge in [-0.25, -0.2) is 0 Å². The van der Waals surface area contributed by atoms with Gasteiger partial charge in [-0.15, -0.1) is 0 Å². The first-order chi connectivity index (χ1) is 5.52. The Hall–Kier alpha value is -0.330. The van der Waals surface area contributed by atoms with Crippen molar-refractivity contribution in [1.82, 2.24) is 0 Å². The number of rotatable bonds is 6. The first-order valence-electron chi connectivity index (χ1n) is 5.01. The molecule has 0 N–H and O–H groups in total. The molecule has 0 radical (unpaired) electrons. The molecule has 1 nitrogen and oxygen atoms in total. The van der Waals surface area contributed by atoms with E-state index in [4.69, 9.17) is 2.74 Å². The first kappa shape index (κ1) is 6.38. The maximum Gasteiger partial charge on any atom is 0.119 e. The van der Waals surface area contributed by atoms with Gasteiger partial charge in [0.15, 0.2) is 0 Å². The Balaban J connectivity index is 3.31. The van der Waals surface area contributed by atoms with Crippen molar-refractivity contribution in [2.45, 2.75) is 45.9 Å². The lowest BCUT2D eigenvalue weighted by Crippen LogP contribution is -1.86. The topological polar surface area (TPSA) is 17.1 Å². The van der Waals surface area contributed by atoms with Crippen molar-refractivity contribution in [2.75, 3.05) is 0 Å². The van der Waals surface area contributed by atoms with Crippen LogP contribution in [0.3, 0.4) is 0 Å². The molecular weight excluding hydrogens is 124 g/mol.